The highest BCUT2D eigenvalue weighted by Crippen LogP contribution is 2.37. The van der Waals surface area contributed by atoms with Crippen LogP contribution in [0.2, 0.25) is 0 Å². The number of methoxy groups -OCH3 is 1. The molecule has 1 atom stereocenters. The first kappa shape index (κ1) is 13.9. The van der Waals surface area contributed by atoms with Gasteiger partial charge >= 0.3 is 0 Å². The topological polar surface area (TPSA) is 9.23 Å². The van der Waals surface area contributed by atoms with Crippen LogP contribution >= 0.6 is 11.6 Å². The molecule has 3 heteroatoms. The number of halogens is 2. The monoisotopic (exact) mass is 278 g/mol. The smallest absolute Gasteiger partial charge is 0.124 e. The number of aryl methyl sites for hydroxylation is 1. The molecule has 0 saturated carbocycles. The van der Waals surface area contributed by atoms with Gasteiger partial charge in [0.25, 0.3) is 0 Å². The van der Waals surface area contributed by atoms with Gasteiger partial charge in [-0.3, -0.25) is 0 Å². The molecular formula is C16H16ClFO. The Morgan fingerprint density at radius 2 is 1.84 bits per heavy atom. The summed E-state index contributed by atoms with van der Waals surface area (Å²) in [6.45, 7) is 4.05. The van der Waals surface area contributed by atoms with Crippen LogP contribution in [0.3, 0.4) is 0 Å². The van der Waals surface area contributed by atoms with Crippen LogP contribution in [0.15, 0.2) is 36.4 Å². The maximum Gasteiger partial charge on any atom is 0.124 e. The summed E-state index contributed by atoms with van der Waals surface area (Å²) in [4.78, 5) is 0. The van der Waals surface area contributed by atoms with E-state index in [1.165, 1.54) is 17.7 Å². The minimum atomic E-state index is -0.425. The molecule has 0 bridgehead atoms. The second-order valence-corrected chi connectivity index (χ2v) is 4.97. The first-order valence-corrected chi connectivity index (χ1v) is 6.52. The summed E-state index contributed by atoms with van der Waals surface area (Å²) >= 11 is 6.52. The van der Waals surface area contributed by atoms with Gasteiger partial charge in [0.05, 0.1) is 12.5 Å². The van der Waals surface area contributed by atoms with Crippen molar-refractivity contribution in [2.24, 2.45) is 0 Å². The molecule has 1 nitrogen and oxygen atoms in total. The molecule has 0 radical (unpaired) electrons. The average Bonchev–Trinajstić information content (AvgIpc) is 2.41. The summed E-state index contributed by atoms with van der Waals surface area (Å²) in [5.41, 5.74) is 3.91. The molecule has 0 fully saturated rings. The van der Waals surface area contributed by atoms with Crippen molar-refractivity contribution in [2.75, 3.05) is 7.11 Å². The van der Waals surface area contributed by atoms with Crippen molar-refractivity contribution in [3.8, 4) is 5.75 Å². The molecule has 100 valence electrons. The van der Waals surface area contributed by atoms with Crippen molar-refractivity contribution in [1.29, 1.82) is 0 Å². The summed E-state index contributed by atoms with van der Waals surface area (Å²) in [6.07, 6.45) is 0. The Morgan fingerprint density at radius 1 is 1.11 bits per heavy atom. The van der Waals surface area contributed by atoms with Gasteiger partial charge in [-0.2, -0.15) is 0 Å². The summed E-state index contributed by atoms with van der Waals surface area (Å²) in [7, 11) is 1.56. The van der Waals surface area contributed by atoms with E-state index in [4.69, 9.17) is 16.3 Å². The predicted octanol–water partition coefficient (Wildman–Crippen LogP) is 4.78. The molecule has 0 spiro atoms. The van der Waals surface area contributed by atoms with Crippen molar-refractivity contribution in [3.05, 3.63) is 64.5 Å². The van der Waals surface area contributed by atoms with Gasteiger partial charge in [0, 0.05) is 5.56 Å². The van der Waals surface area contributed by atoms with E-state index in [0.717, 1.165) is 11.1 Å². The molecule has 0 amide bonds. The van der Waals surface area contributed by atoms with E-state index in [9.17, 15) is 4.39 Å². The van der Waals surface area contributed by atoms with Gasteiger partial charge in [0.1, 0.15) is 11.6 Å². The molecule has 0 N–H and O–H groups in total. The molecule has 0 aromatic heterocycles. The standard InChI is InChI=1S/C16H16ClFO/c1-10-5-4-6-13(11(10)2)16(17)14-9-12(18)7-8-15(14)19-3/h4-9,16H,1-3H3. The normalized spacial score (nSPS) is 12.3. The summed E-state index contributed by atoms with van der Waals surface area (Å²) in [5.74, 6) is 0.286. The zero-order valence-electron chi connectivity index (χ0n) is 11.2. The first-order valence-electron chi connectivity index (χ1n) is 6.08. The van der Waals surface area contributed by atoms with Crippen LogP contribution in [0.4, 0.5) is 4.39 Å². The largest absolute Gasteiger partial charge is 0.496 e. The zero-order valence-corrected chi connectivity index (χ0v) is 12.0. The third-order valence-corrected chi connectivity index (χ3v) is 3.85. The van der Waals surface area contributed by atoms with Crippen molar-refractivity contribution < 1.29 is 9.13 Å². The van der Waals surface area contributed by atoms with Gasteiger partial charge in [-0.1, -0.05) is 18.2 Å². The lowest BCUT2D eigenvalue weighted by atomic mass is 9.96. The number of hydrogen-bond donors (Lipinski definition) is 0. The lowest BCUT2D eigenvalue weighted by Gasteiger charge is -2.17. The van der Waals surface area contributed by atoms with Crippen molar-refractivity contribution in [2.45, 2.75) is 19.2 Å². The van der Waals surface area contributed by atoms with E-state index >= 15 is 0 Å². The van der Waals surface area contributed by atoms with Gasteiger partial charge in [-0.15, -0.1) is 11.6 Å². The Bertz CT molecular complexity index is 595. The predicted molar refractivity (Wildman–Crippen MR) is 76.6 cm³/mol. The molecule has 19 heavy (non-hydrogen) atoms. The average molecular weight is 279 g/mol. The lowest BCUT2D eigenvalue weighted by molar-refractivity contribution is 0.409. The van der Waals surface area contributed by atoms with Crippen LogP contribution in [-0.2, 0) is 0 Å². The number of rotatable bonds is 3. The first-order chi connectivity index (χ1) is 9.04. The summed E-state index contributed by atoms with van der Waals surface area (Å²) in [5, 5.41) is -0.425. The van der Waals surface area contributed by atoms with E-state index < -0.39 is 5.38 Å². The zero-order chi connectivity index (χ0) is 14.0. The molecule has 0 saturated heterocycles. The summed E-state index contributed by atoms with van der Waals surface area (Å²) < 4.78 is 18.7. The van der Waals surface area contributed by atoms with Crippen LogP contribution in [0.25, 0.3) is 0 Å². The highest BCUT2D eigenvalue weighted by molar-refractivity contribution is 6.23. The number of hydrogen-bond acceptors (Lipinski definition) is 1. The fourth-order valence-corrected chi connectivity index (χ4v) is 2.53. The summed E-state index contributed by atoms with van der Waals surface area (Å²) in [6, 6.07) is 10.4. The van der Waals surface area contributed by atoms with Gasteiger partial charge in [-0.25, -0.2) is 4.39 Å². The second kappa shape index (κ2) is 5.62. The molecule has 1 unspecified atom stereocenters. The maximum atomic E-state index is 13.4. The van der Waals surface area contributed by atoms with Crippen LogP contribution in [0.5, 0.6) is 5.75 Å². The van der Waals surface area contributed by atoms with Gasteiger partial charge in [0.15, 0.2) is 0 Å². The molecule has 0 aliphatic carbocycles. The number of ether oxygens (including phenoxy) is 1. The fourth-order valence-electron chi connectivity index (χ4n) is 2.12. The van der Waals surface area contributed by atoms with E-state index in [1.54, 1.807) is 13.2 Å². The van der Waals surface area contributed by atoms with Gasteiger partial charge in [0.2, 0.25) is 0 Å². The molecule has 0 heterocycles. The van der Waals surface area contributed by atoms with Crippen LogP contribution in [-0.4, -0.2) is 7.11 Å². The second-order valence-electron chi connectivity index (χ2n) is 4.54. The molecule has 2 aromatic carbocycles. The fraction of sp³-hybridized carbons (Fsp3) is 0.250. The molecule has 0 aliphatic rings. The van der Waals surface area contributed by atoms with E-state index in [-0.39, 0.29) is 5.82 Å². The SMILES string of the molecule is COc1ccc(F)cc1C(Cl)c1cccc(C)c1C. The van der Waals surface area contributed by atoms with Crippen LogP contribution in [0, 0.1) is 19.7 Å². The third-order valence-electron chi connectivity index (χ3n) is 3.38. The Labute approximate surface area is 118 Å². The van der Waals surface area contributed by atoms with Crippen LogP contribution < -0.4 is 4.74 Å². The highest BCUT2D eigenvalue weighted by Gasteiger charge is 2.18. The van der Waals surface area contributed by atoms with Crippen molar-refractivity contribution in [3.63, 3.8) is 0 Å². The Balaban J connectivity index is 2.52. The van der Waals surface area contributed by atoms with Gasteiger partial charge in [-0.05, 0) is 48.7 Å². The molecule has 0 aliphatic heterocycles. The minimum absolute atomic E-state index is 0.313. The maximum absolute atomic E-state index is 13.4. The lowest BCUT2D eigenvalue weighted by Crippen LogP contribution is -2.01. The minimum Gasteiger partial charge on any atom is -0.496 e. The van der Waals surface area contributed by atoms with Gasteiger partial charge < -0.3 is 4.74 Å². The Hall–Kier alpha value is -1.54. The number of benzene rings is 2. The molecule has 2 aromatic rings. The highest BCUT2D eigenvalue weighted by atomic mass is 35.5. The molecule has 2 rings (SSSR count). The molecular weight excluding hydrogens is 263 g/mol. The Kier molecular flexibility index (Phi) is 4.11. The Morgan fingerprint density at radius 3 is 2.53 bits per heavy atom. The van der Waals surface area contributed by atoms with E-state index in [2.05, 4.69) is 0 Å². The van der Waals surface area contributed by atoms with Crippen LogP contribution in [0.1, 0.15) is 27.6 Å². The van der Waals surface area contributed by atoms with Crippen molar-refractivity contribution >= 4 is 11.6 Å². The number of alkyl halides is 1. The van der Waals surface area contributed by atoms with Crippen molar-refractivity contribution in [1.82, 2.24) is 0 Å². The van der Waals surface area contributed by atoms with E-state index in [0.29, 0.717) is 11.3 Å². The quantitative estimate of drug-likeness (QED) is 0.734. The van der Waals surface area contributed by atoms with E-state index in [1.807, 2.05) is 32.0 Å². The third kappa shape index (κ3) is 2.74.